The first kappa shape index (κ1) is 29.8. The fourth-order valence-electron chi connectivity index (χ4n) is 3.87. The number of nitrogens with zero attached hydrogens (tertiary/aromatic N) is 1. The lowest BCUT2D eigenvalue weighted by atomic mass is 10.0. The minimum absolute atomic E-state index is 0.00791. The third-order valence-electron chi connectivity index (χ3n) is 6.05. The Bertz CT molecular complexity index is 1270. The Labute approximate surface area is 229 Å². The number of aromatic nitrogens is 2. The summed E-state index contributed by atoms with van der Waals surface area (Å²) in [5, 5.41) is 36.2. The number of rotatable bonds is 14. The molecule has 3 amide bonds. The Balaban J connectivity index is 1.68. The number of imidazole rings is 1. The number of aliphatic hydroxyl groups excluding tert-OH is 1. The lowest BCUT2D eigenvalue weighted by Gasteiger charge is -2.24. The van der Waals surface area contributed by atoms with Crippen LogP contribution in [0.25, 0.3) is 0 Å². The van der Waals surface area contributed by atoms with Crippen LogP contribution < -0.4 is 21.7 Å². The van der Waals surface area contributed by atoms with Crippen LogP contribution in [0, 0.1) is 0 Å². The van der Waals surface area contributed by atoms with E-state index in [9.17, 15) is 34.5 Å². The largest absolute Gasteiger partial charge is 0.508 e. The Hall–Kier alpha value is -4.75. The number of hydrogen-bond donors (Lipinski definition) is 8. The SMILES string of the molecule is NC(Cc1ccccc1)C(=O)NC(CO)C(=O)NC(Cc1cnc[nH]1)C(=O)NC(Cc1ccc(O)cc1)C(=O)O. The van der Waals surface area contributed by atoms with Crippen LogP contribution in [0.5, 0.6) is 5.75 Å². The van der Waals surface area contributed by atoms with Crippen molar-refractivity contribution in [2.45, 2.75) is 43.4 Å². The fourth-order valence-corrected chi connectivity index (χ4v) is 3.87. The van der Waals surface area contributed by atoms with Crippen molar-refractivity contribution < 1.29 is 34.5 Å². The van der Waals surface area contributed by atoms with Gasteiger partial charge in [0.25, 0.3) is 0 Å². The molecule has 4 atom stereocenters. The highest BCUT2D eigenvalue weighted by atomic mass is 16.4. The van der Waals surface area contributed by atoms with Crippen molar-refractivity contribution in [2.24, 2.45) is 5.73 Å². The van der Waals surface area contributed by atoms with Gasteiger partial charge in [0.2, 0.25) is 17.7 Å². The zero-order chi connectivity index (χ0) is 29.1. The molecule has 1 aromatic heterocycles. The quantitative estimate of drug-likeness (QED) is 0.123. The highest BCUT2D eigenvalue weighted by Gasteiger charge is 2.30. The lowest BCUT2D eigenvalue weighted by Crippen LogP contribution is -2.58. The Morgan fingerprint density at radius 3 is 2.00 bits per heavy atom. The molecule has 212 valence electrons. The van der Waals surface area contributed by atoms with Gasteiger partial charge in [-0.3, -0.25) is 14.4 Å². The monoisotopic (exact) mass is 552 g/mol. The highest BCUT2D eigenvalue weighted by molar-refractivity contribution is 5.94. The van der Waals surface area contributed by atoms with E-state index < -0.39 is 54.5 Å². The summed E-state index contributed by atoms with van der Waals surface area (Å²) in [5.74, 6) is -3.65. The number of benzene rings is 2. The van der Waals surface area contributed by atoms with Crippen molar-refractivity contribution in [3.63, 3.8) is 0 Å². The number of hydrogen-bond acceptors (Lipinski definition) is 8. The predicted octanol–water partition coefficient (Wildman–Crippen LogP) is -0.998. The molecule has 0 aliphatic heterocycles. The first-order valence-corrected chi connectivity index (χ1v) is 12.5. The molecule has 13 heteroatoms. The number of nitrogens with one attached hydrogen (secondary N) is 4. The topological polar surface area (TPSA) is 220 Å². The molecule has 3 aromatic rings. The fraction of sp³-hybridized carbons (Fsp3) is 0.296. The molecule has 3 rings (SSSR count). The first-order valence-electron chi connectivity index (χ1n) is 12.5. The van der Waals surface area contributed by atoms with Crippen molar-refractivity contribution in [1.82, 2.24) is 25.9 Å². The van der Waals surface area contributed by atoms with Gasteiger partial charge in [-0.25, -0.2) is 9.78 Å². The van der Waals surface area contributed by atoms with E-state index in [0.29, 0.717) is 11.3 Å². The number of phenolic OH excluding ortho intramolecular Hbond substituents is 1. The van der Waals surface area contributed by atoms with E-state index in [1.165, 1.54) is 36.8 Å². The molecule has 0 saturated heterocycles. The molecule has 0 aliphatic rings. The smallest absolute Gasteiger partial charge is 0.326 e. The molecule has 2 aromatic carbocycles. The second-order valence-electron chi connectivity index (χ2n) is 9.15. The van der Waals surface area contributed by atoms with Crippen molar-refractivity contribution >= 4 is 23.7 Å². The van der Waals surface area contributed by atoms with Gasteiger partial charge >= 0.3 is 5.97 Å². The number of H-pyrrole nitrogens is 1. The maximum absolute atomic E-state index is 13.2. The number of nitrogens with two attached hydrogens (primary N) is 1. The van der Waals surface area contributed by atoms with E-state index in [1.807, 2.05) is 6.07 Å². The molecule has 0 saturated carbocycles. The third kappa shape index (κ3) is 8.92. The summed E-state index contributed by atoms with van der Waals surface area (Å²) < 4.78 is 0. The van der Waals surface area contributed by atoms with Gasteiger partial charge in [-0.05, 0) is 29.7 Å². The molecule has 0 fully saturated rings. The van der Waals surface area contributed by atoms with Gasteiger partial charge in [-0.15, -0.1) is 0 Å². The number of aromatic hydroxyl groups is 1. The van der Waals surface area contributed by atoms with Gasteiger partial charge in [0, 0.05) is 24.7 Å². The zero-order valence-corrected chi connectivity index (χ0v) is 21.5. The average Bonchev–Trinajstić information content (AvgIpc) is 3.45. The van der Waals surface area contributed by atoms with Crippen LogP contribution in [0.1, 0.15) is 16.8 Å². The van der Waals surface area contributed by atoms with Crippen LogP contribution >= 0.6 is 0 Å². The standard InChI is InChI=1S/C27H32N6O7/c28-20(10-16-4-2-1-3-5-16)24(36)33-23(14-34)26(38)31-21(12-18-13-29-15-30-18)25(37)32-22(27(39)40)11-17-6-8-19(35)9-7-17/h1-9,13,15,20-23,34-35H,10-12,14,28H2,(H,29,30)(H,31,38)(H,32,37)(H,33,36)(H,39,40). The molecule has 0 bridgehead atoms. The second kappa shape index (κ2) is 14.4. The number of carbonyl (C=O) groups excluding carboxylic acids is 3. The van der Waals surface area contributed by atoms with Crippen LogP contribution in [0.2, 0.25) is 0 Å². The third-order valence-corrected chi connectivity index (χ3v) is 6.05. The normalized spacial score (nSPS) is 13.8. The highest BCUT2D eigenvalue weighted by Crippen LogP contribution is 2.12. The molecule has 9 N–H and O–H groups in total. The summed E-state index contributed by atoms with van der Waals surface area (Å²) in [7, 11) is 0. The summed E-state index contributed by atoms with van der Waals surface area (Å²) in [6.07, 6.45) is 2.85. The van der Waals surface area contributed by atoms with Gasteiger partial charge in [0.15, 0.2) is 0 Å². The second-order valence-corrected chi connectivity index (χ2v) is 9.15. The Kier molecular flexibility index (Phi) is 10.7. The van der Waals surface area contributed by atoms with E-state index in [0.717, 1.165) is 5.56 Å². The van der Waals surface area contributed by atoms with Gasteiger partial charge < -0.3 is 42.0 Å². The number of carboxylic acid groups (broad SMARTS) is 1. The molecule has 0 radical (unpaired) electrons. The van der Waals surface area contributed by atoms with Crippen molar-refractivity contribution in [3.8, 4) is 5.75 Å². The lowest BCUT2D eigenvalue weighted by molar-refractivity contribution is -0.142. The molecule has 0 spiro atoms. The number of carbonyl (C=O) groups is 4. The maximum atomic E-state index is 13.2. The van der Waals surface area contributed by atoms with E-state index in [1.54, 1.807) is 24.3 Å². The Morgan fingerprint density at radius 1 is 0.800 bits per heavy atom. The van der Waals surface area contributed by atoms with E-state index in [2.05, 4.69) is 25.9 Å². The molecule has 40 heavy (non-hydrogen) atoms. The van der Waals surface area contributed by atoms with Crippen LogP contribution in [-0.2, 0) is 38.4 Å². The van der Waals surface area contributed by atoms with Crippen LogP contribution in [0.3, 0.4) is 0 Å². The predicted molar refractivity (Wildman–Crippen MR) is 143 cm³/mol. The minimum atomic E-state index is -1.42. The van der Waals surface area contributed by atoms with Crippen molar-refractivity contribution in [3.05, 3.63) is 83.9 Å². The van der Waals surface area contributed by atoms with Crippen LogP contribution in [0.4, 0.5) is 0 Å². The van der Waals surface area contributed by atoms with Gasteiger partial charge in [0.05, 0.1) is 19.0 Å². The summed E-state index contributed by atoms with van der Waals surface area (Å²) in [6.45, 7) is -0.771. The van der Waals surface area contributed by atoms with Crippen LogP contribution in [0.15, 0.2) is 67.1 Å². The average molecular weight is 553 g/mol. The summed E-state index contributed by atoms with van der Waals surface area (Å²) >= 11 is 0. The minimum Gasteiger partial charge on any atom is -0.508 e. The van der Waals surface area contributed by atoms with E-state index >= 15 is 0 Å². The first-order chi connectivity index (χ1) is 19.2. The van der Waals surface area contributed by atoms with E-state index in [-0.39, 0.29) is 25.0 Å². The van der Waals surface area contributed by atoms with E-state index in [4.69, 9.17) is 5.73 Å². The van der Waals surface area contributed by atoms with Gasteiger partial charge in [-0.1, -0.05) is 42.5 Å². The number of amides is 3. The van der Waals surface area contributed by atoms with Crippen molar-refractivity contribution in [1.29, 1.82) is 0 Å². The molecular formula is C27H32N6O7. The maximum Gasteiger partial charge on any atom is 0.326 e. The molecule has 13 nitrogen and oxygen atoms in total. The summed E-state index contributed by atoms with van der Waals surface area (Å²) in [6, 6.07) is 9.83. The Morgan fingerprint density at radius 2 is 1.40 bits per heavy atom. The van der Waals surface area contributed by atoms with Gasteiger partial charge in [-0.2, -0.15) is 0 Å². The molecule has 1 heterocycles. The van der Waals surface area contributed by atoms with Gasteiger partial charge in [0.1, 0.15) is 23.9 Å². The van der Waals surface area contributed by atoms with Crippen molar-refractivity contribution in [2.75, 3.05) is 6.61 Å². The number of aliphatic hydroxyl groups is 1. The molecule has 0 aliphatic carbocycles. The number of aromatic amines is 1. The zero-order valence-electron chi connectivity index (χ0n) is 21.5. The van der Waals surface area contributed by atoms with Crippen LogP contribution in [-0.4, -0.2) is 79.8 Å². The molecular weight excluding hydrogens is 520 g/mol. The number of aliphatic carboxylic acids is 1. The number of phenols is 1. The summed E-state index contributed by atoms with van der Waals surface area (Å²) in [4.78, 5) is 57.4. The summed E-state index contributed by atoms with van der Waals surface area (Å²) in [5.41, 5.74) is 7.81. The number of carboxylic acids is 1. The molecule has 4 unspecified atom stereocenters.